The quantitative estimate of drug-likeness (QED) is 0.629. The fraction of sp³-hybridized carbons (Fsp3) is 0.440. The number of carbonyl (C=O) groups excluding carboxylic acids is 2. The first-order chi connectivity index (χ1) is 17.6. The highest BCUT2D eigenvalue weighted by Gasteiger charge is 2.38. The molecule has 2 bridgehead atoms. The number of oxime groups is 1. The third-order valence-corrected chi connectivity index (χ3v) is 6.61. The number of pyridine rings is 1. The van der Waals surface area contributed by atoms with Crippen molar-refractivity contribution in [3.63, 3.8) is 0 Å². The van der Waals surface area contributed by atoms with Gasteiger partial charge in [0.25, 0.3) is 11.8 Å². The van der Waals surface area contributed by atoms with Gasteiger partial charge in [0.1, 0.15) is 29.6 Å². The van der Waals surface area contributed by atoms with E-state index in [1.165, 1.54) is 10.8 Å². The first-order valence-corrected chi connectivity index (χ1v) is 12.0. The summed E-state index contributed by atoms with van der Waals surface area (Å²) >= 11 is 0. The summed E-state index contributed by atoms with van der Waals surface area (Å²) in [5.41, 5.74) is -1.71. The second-order valence-corrected chi connectivity index (χ2v) is 9.20. The van der Waals surface area contributed by atoms with Gasteiger partial charge in [-0.2, -0.15) is 0 Å². The van der Waals surface area contributed by atoms with Gasteiger partial charge in [0.15, 0.2) is 11.4 Å². The van der Waals surface area contributed by atoms with Crippen LogP contribution >= 0.6 is 0 Å². The van der Waals surface area contributed by atoms with E-state index in [1.54, 1.807) is 4.90 Å². The van der Waals surface area contributed by atoms with Gasteiger partial charge >= 0.3 is 0 Å². The van der Waals surface area contributed by atoms with Gasteiger partial charge in [-0.3, -0.25) is 14.4 Å². The van der Waals surface area contributed by atoms with Gasteiger partial charge in [0.2, 0.25) is 5.43 Å². The second kappa shape index (κ2) is 10.7. The number of carbonyl (C=O) groups is 2. The van der Waals surface area contributed by atoms with Crippen LogP contribution in [0.1, 0.15) is 72.0 Å². The van der Waals surface area contributed by atoms with Crippen molar-refractivity contribution in [2.45, 2.75) is 58.2 Å². The van der Waals surface area contributed by atoms with Crippen molar-refractivity contribution in [2.75, 3.05) is 13.2 Å². The van der Waals surface area contributed by atoms with Crippen molar-refractivity contribution in [3.8, 4) is 5.75 Å². The highest BCUT2D eigenvalue weighted by molar-refractivity contribution is 5.99. The van der Waals surface area contributed by atoms with Crippen LogP contribution in [0.5, 0.6) is 5.75 Å². The minimum Gasteiger partial charge on any atom is -0.503 e. The Labute approximate surface area is 210 Å². The van der Waals surface area contributed by atoms with Crippen LogP contribution in [0.3, 0.4) is 0 Å². The van der Waals surface area contributed by atoms with Crippen molar-refractivity contribution < 1.29 is 32.7 Å². The smallest absolute Gasteiger partial charge is 0.274 e. The zero-order valence-corrected chi connectivity index (χ0v) is 20.4. The molecule has 0 radical (unpaired) electrons. The molecule has 198 valence electrons. The Hall–Kier alpha value is -3.83. The molecule has 9 nitrogen and oxygen atoms in total. The summed E-state index contributed by atoms with van der Waals surface area (Å²) in [5, 5.41) is 17.2. The molecule has 1 aromatic carbocycles. The summed E-state index contributed by atoms with van der Waals surface area (Å²) < 4.78 is 42.5. The molecular weight excluding hydrogens is 493 g/mol. The number of aromatic hydroxyl groups is 1. The second-order valence-electron chi connectivity index (χ2n) is 9.20. The van der Waals surface area contributed by atoms with Gasteiger partial charge in [-0.1, -0.05) is 18.5 Å². The lowest BCUT2D eigenvalue weighted by atomic mass is 9.99. The average Bonchev–Trinajstić information content (AvgIpc) is 2.84. The van der Waals surface area contributed by atoms with Crippen molar-refractivity contribution in [2.24, 2.45) is 5.16 Å². The van der Waals surface area contributed by atoms with E-state index in [-0.39, 0.29) is 18.3 Å². The normalized spacial score (nSPS) is 20.9. The highest BCUT2D eigenvalue weighted by Crippen LogP contribution is 2.31. The Bertz CT molecular complexity index is 1300. The fourth-order valence-electron chi connectivity index (χ4n) is 4.62. The largest absolute Gasteiger partial charge is 0.503 e. The first-order valence-electron chi connectivity index (χ1n) is 12.0. The molecule has 2 amide bonds. The van der Waals surface area contributed by atoms with Crippen LogP contribution in [0, 0.1) is 17.5 Å². The van der Waals surface area contributed by atoms with Crippen molar-refractivity contribution in [3.05, 3.63) is 62.8 Å². The molecule has 3 heterocycles. The number of rotatable bonds is 5. The lowest BCUT2D eigenvalue weighted by molar-refractivity contribution is 0.0495. The molecule has 37 heavy (non-hydrogen) atoms. The van der Waals surface area contributed by atoms with Crippen LogP contribution in [-0.2, 0) is 11.4 Å². The number of fused-ring (bicyclic) bond motifs is 4. The predicted molar refractivity (Wildman–Crippen MR) is 127 cm³/mol. The summed E-state index contributed by atoms with van der Waals surface area (Å²) in [6.07, 6.45) is 3.42. The molecule has 2 N–H and O–H groups in total. The Kier molecular flexibility index (Phi) is 7.55. The van der Waals surface area contributed by atoms with E-state index in [9.17, 15) is 32.7 Å². The SMILES string of the molecule is CCC/C1=N/OCC[C@H](C)N2C[C@H](C1)n1cc(C(=O)NCc3c(F)cc(F)cc3F)c(=O)c(O)c1C2=O. The Morgan fingerprint density at radius 1 is 1.24 bits per heavy atom. The fourth-order valence-corrected chi connectivity index (χ4v) is 4.62. The number of hydrogen-bond donors (Lipinski definition) is 2. The maximum atomic E-state index is 14.0. The minimum absolute atomic E-state index is 0.238. The van der Waals surface area contributed by atoms with E-state index in [0.717, 1.165) is 12.1 Å². The van der Waals surface area contributed by atoms with Crippen molar-refractivity contribution in [1.82, 2.24) is 14.8 Å². The topological polar surface area (TPSA) is 113 Å². The lowest BCUT2D eigenvalue weighted by Gasteiger charge is -2.40. The van der Waals surface area contributed by atoms with Crippen molar-refractivity contribution in [1.29, 1.82) is 0 Å². The van der Waals surface area contributed by atoms with Crippen LogP contribution in [0.4, 0.5) is 13.2 Å². The number of hydrogen-bond acceptors (Lipinski definition) is 6. The predicted octanol–water partition coefficient (Wildman–Crippen LogP) is 3.25. The zero-order chi connectivity index (χ0) is 26.9. The lowest BCUT2D eigenvalue weighted by Crippen LogP contribution is -2.49. The number of nitrogens with zero attached hydrogens (tertiary/aromatic N) is 3. The van der Waals surface area contributed by atoms with E-state index in [4.69, 9.17) is 4.84 Å². The molecule has 12 heteroatoms. The molecule has 1 aromatic heterocycles. The van der Waals surface area contributed by atoms with Gasteiger partial charge in [0.05, 0.1) is 11.8 Å². The van der Waals surface area contributed by atoms with Gasteiger partial charge in [-0.15, -0.1) is 0 Å². The summed E-state index contributed by atoms with van der Waals surface area (Å²) in [5.74, 6) is -5.98. The van der Waals surface area contributed by atoms with Crippen LogP contribution in [0.15, 0.2) is 28.3 Å². The van der Waals surface area contributed by atoms with Crippen LogP contribution in [0.25, 0.3) is 0 Å². The third-order valence-electron chi connectivity index (χ3n) is 6.61. The van der Waals surface area contributed by atoms with Gasteiger partial charge in [-0.25, -0.2) is 13.2 Å². The Morgan fingerprint density at radius 2 is 1.95 bits per heavy atom. The summed E-state index contributed by atoms with van der Waals surface area (Å²) in [6, 6.07) is 0.222. The molecule has 4 rings (SSSR count). The zero-order valence-electron chi connectivity index (χ0n) is 20.4. The van der Waals surface area contributed by atoms with Gasteiger partial charge in [0, 0.05) is 55.9 Å². The maximum absolute atomic E-state index is 14.0. The minimum atomic E-state index is -1.20. The molecule has 0 saturated heterocycles. The molecule has 0 unspecified atom stereocenters. The van der Waals surface area contributed by atoms with Crippen LogP contribution in [-0.4, -0.2) is 51.3 Å². The standard InChI is InChI=1S/C25H27F3N4O5/c1-3-4-15-9-16-11-31(13(2)5-6-37-30-15)25(36)21-23(34)22(33)18(12-32(16)21)24(35)29-10-17-19(27)7-14(26)8-20(17)28/h7-8,12-13,16,34H,3-6,9-11H2,1-2H3,(H,29,35)/b30-15-/t13-,16-/m0/s1. The number of amides is 2. The Morgan fingerprint density at radius 3 is 2.62 bits per heavy atom. The maximum Gasteiger partial charge on any atom is 0.274 e. The molecule has 2 aliphatic heterocycles. The average molecular weight is 521 g/mol. The number of benzene rings is 1. The molecular formula is C25H27F3N4O5. The van der Waals surface area contributed by atoms with Gasteiger partial charge in [-0.05, 0) is 13.3 Å². The molecule has 2 aromatic rings. The first kappa shape index (κ1) is 26.2. The molecule has 0 fully saturated rings. The molecule has 2 aliphatic rings. The van der Waals surface area contributed by atoms with Crippen molar-refractivity contribution >= 4 is 17.5 Å². The summed E-state index contributed by atoms with van der Waals surface area (Å²) in [4.78, 5) is 46.1. The monoisotopic (exact) mass is 520 g/mol. The molecule has 0 spiro atoms. The molecule has 2 atom stereocenters. The Balaban J connectivity index is 1.72. The number of aromatic nitrogens is 1. The van der Waals surface area contributed by atoms with E-state index in [2.05, 4.69) is 10.5 Å². The van der Waals surface area contributed by atoms with Gasteiger partial charge < -0.3 is 24.7 Å². The summed E-state index contributed by atoms with van der Waals surface area (Å²) in [7, 11) is 0. The molecule has 0 saturated carbocycles. The highest BCUT2D eigenvalue weighted by atomic mass is 19.1. The van der Waals surface area contributed by atoms with Crippen LogP contribution < -0.4 is 10.7 Å². The van der Waals surface area contributed by atoms with E-state index >= 15 is 0 Å². The summed E-state index contributed by atoms with van der Waals surface area (Å²) in [6.45, 7) is 3.70. The number of nitrogens with one attached hydrogen (secondary N) is 1. The van der Waals surface area contributed by atoms with E-state index in [1.807, 2.05) is 13.8 Å². The number of halogens is 3. The van der Waals surface area contributed by atoms with Crippen LogP contribution in [0.2, 0.25) is 0 Å². The van der Waals surface area contributed by atoms with E-state index in [0.29, 0.717) is 38.0 Å². The van der Waals surface area contributed by atoms with E-state index < -0.39 is 64.2 Å². The molecule has 0 aliphatic carbocycles. The third kappa shape index (κ3) is 5.18.